The van der Waals surface area contributed by atoms with Crippen molar-refractivity contribution in [3.05, 3.63) is 71.4 Å². The second-order valence-electron chi connectivity index (χ2n) is 8.49. The lowest BCUT2D eigenvalue weighted by molar-refractivity contribution is -0.140. The molecule has 2 heterocycles. The molecule has 0 radical (unpaired) electrons. The van der Waals surface area contributed by atoms with Crippen molar-refractivity contribution in [3.8, 4) is 21.7 Å². The largest absolute Gasteiger partial charge is 0.481 e. The Morgan fingerprint density at radius 3 is 2.46 bits per heavy atom. The van der Waals surface area contributed by atoms with E-state index in [0.29, 0.717) is 29.4 Å². The number of rotatable bonds is 7. The number of aromatic nitrogens is 4. The molecule has 9 nitrogen and oxygen atoms in total. The zero-order chi connectivity index (χ0) is 24.6. The van der Waals surface area contributed by atoms with Crippen LogP contribution in [0.4, 0.5) is 10.6 Å². The van der Waals surface area contributed by atoms with Gasteiger partial charge in [0.1, 0.15) is 22.2 Å². The van der Waals surface area contributed by atoms with E-state index in [4.69, 9.17) is 4.74 Å². The molecule has 35 heavy (non-hydrogen) atoms. The Labute approximate surface area is 205 Å². The van der Waals surface area contributed by atoms with Crippen LogP contribution in [0.25, 0.3) is 21.7 Å². The lowest BCUT2D eigenvalue weighted by Crippen LogP contribution is -2.18. The molecule has 2 N–H and O–H groups in total. The first-order valence-corrected chi connectivity index (χ1v) is 11.9. The number of nitrogens with one attached hydrogen (secondary N) is 1. The maximum absolute atomic E-state index is 12.6. The first-order chi connectivity index (χ1) is 16.9. The summed E-state index contributed by atoms with van der Waals surface area (Å²) in [5.41, 5.74) is 2.28. The van der Waals surface area contributed by atoms with E-state index in [1.165, 1.54) is 16.0 Å². The SMILES string of the molecule is C[C@@H](OC(=O)Nc1c(-c2ccc(-c3cnc(C4(C(=O)O)CC4)s3)cc2)nnn1C)c1ccccc1. The normalized spacial score (nSPS) is 14.8. The van der Waals surface area contributed by atoms with Gasteiger partial charge >= 0.3 is 12.1 Å². The van der Waals surface area contributed by atoms with Crippen LogP contribution in [0.15, 0.2) is 60.8 Å². The number of aryl methyl sites for hydroxylation is 1. The third-order valence-corrected chi connectivity index (χ3v) is 7.37. The number of anilines is 1. The summed E-state index contributed by atoms with van der Waals surface area (Å²) in [4.78, 5) is 29.4. The summed E-state index contributed by atoms with van der Waals surface area (Å²) in [7, 11) is 1.69. The lowest BCUT2D eigenvalue weighted by atomic mass is 10.1. The molecule has 1 saturated carbocycles. The van der Waals surface area contributed by atoms with Crippen LogP contribution in [0.5, 0.6) is 0 Å². The van der Waals surface area contributed by atoms with Gasteiger partial charge in [0.05, 0.1) is 4.88 Å². The Bertz CT molecular complexity index is 1380. The van der Waals surface area contributed by atoms with Gasteiger partial charge in [0, 0.05) is 18.8 Å². The van der Waals surface area contributed by atoms with Crippen molar-refractivity contribution in [2.45, 2.75) is 31.3 Å². The minimum atomic E-state index is -0.812. The van der Waals surface area contributed by atoms with E-state index in [1.807, 2.05) is 61.5 Å². The molecule has 0 bridgehead atoms. The van der Waals surface area contributed by atoms with Crippen molar-refractivity contribution in [2.24, 2.45) is 7.05 Å². The molecule has 0 spiro atoms. The molecule has 2 aromatic carbocycles. The third kappa shape index (κ3) is 4.40. The zero-order valence-electron chi connectivity index (χ0n) is 19.1. The van der Waals surface area contributed by atoms with Gasteiger partial charge in [-0.3, -0.25) is 10.1 Å². The number of ether oxygens (including phenoxy) is 1. The van der Waals surface area contributed by atoms with Gasteiger partial charge in [-0.25, -0.2) is 14.5 Å². The van der Waals surface area contributed by atoms with Crippen LogP contribution in [0.1, 0.15) is 36.4 Å². The standard InChI is InChI=1S/C25H23N5O4S/c1-15(16-6-4-3-5-7-16)34-24(33)27-21-20(28-29-30(21)2)18-10-8-17(9-11-18)19-14-26-22(35-19)25(12-13-25)23(31)32/h3-11,14-15H,12-13H2,1-2H3,(H,27,33)(H,31,32)/t15-/m1/s1. The van der Waals surface area contributed by atoms with E-state index >= 15 is 0 Å². The van der Waals surface area contributed by atoms with Gasteiger partial charge in [-0.05, 0) is 30.9 Å². The molecular weight excluding hydrogens is 466 g/mol. The van der Waals surface area contributed by atoms with Gasteiger partial charge in [-0.15, -0.1) is 16.4 Å². The molecule has 2 aromatic heterocycles. The molecule has 0 unspecified atom stereocenters. The van der Waals surface area contributed by atoms with Gasteiger partial charge in [-0.2, -0.15) is 0 Å². The Morgan fingerprint density at radius 2 is 1.80 bits per heavy atom. The molecule has 4 aromatic rings. The second kappa shape index (κ2) is 8.95. The van der Waals surface area contributed by atoms with Crippen molar-refractivity contribution in [1.82, 2.24) is 20.0 Å². The maximum Gasteiger partial charge on any atom is 0.413 e. The molecule has 178 valence electrons. The summed E-state index contributed by atoms with van der Waals surface area (Å²) < 4.78 is 7.00. The molecule has 5 rings (SSSR count). The van der Waals surface area contributed by atoms with Crippen molar-refractivity contribution in [1.29, 1.82) is 0 Å². The number of hydrogen-bond donors (Lipinski definition) is 2. The summed E-state index contributed by atoms with van der Waals surface area (Å²) in [6.07, 6.45) is 1.96. The Kier molecular flexibility index (Phi) is 5.81. The van der Waals surface area contributed by atoms with Crippen LogP contribution in [0.3, 0.4) is 0 Å². The van der Waals surface area contributed by atoms with Crippen molar-refractivity contribution >= 4 is 29.2 Å². The van der Waals surface area contributed by atoms with E-state index in [0.717, 1.165) is 21.6 Å². The fraction of sp³-hybridized carbons (Fsp3) is 0.240. The number of hydrogen-bond acceptors (Lipinski definition) is 7. The van der Waals surface area contributed by atoms with Crippen LogP contribution in [0.2, 0.25) is 0 Å². The van der Waals surface area contributed by atoms with Crippen LogP contribution in [-0.4, -0.2) is 37.1 Å². The molecule has 0 saturated heterocycles. The van der Waals surface area contributed by atoms with Gasteiger partial charge < -0.3 is 9.84 Å². The molecule has 1 amide bonds. The smallest absolute Gasteiger partial charge is 0.413 e. The van der Waals surface area contributed by atoms with E-state index < -0.39 is 23.6 Å². The highest BCUT2D eigenvalue weighted by Gasteiger charge is 2.54. The second-order valence-corrected chi connectivity index (χ2v) is 9.52. The summed E-state index contributed by atoms with van der Waals surface area (Å²) in [6.45, 7) is 1.81. The first kappa shape index (κ1) is 22.7. The third-order valence-electron chi connectivity index (χ3n) is 6.12. The molecule has 1 fully saturated rings. The summed E-state index contributed by atoms with van der Waals surface area (Å²) in [5.74, 6) is -0.395. The number of nitrogens with zero attached hydrogens (tertiary/aromatic N) is 4. The molecule has 1 aliphatic rings. The van der Waals surface area contributed by atoms with Crippen LogP contribution in [-0.2, 0) is 22.0 Å². The van der Waals surface area contributed by atoms with Crippen molar-refractivity contribution < 1.29 is 19.4 Å². The average molecular weight is 490 g/mol. The quantitative estimate of drug-likeness (QED) is 0.374. The summed E-state index contributed by atoms with van der Waals surface area (Å²) in [5, 5.41) is 21.2. The zero-order valence-corrected chi connectivity index (χ0v) is 20.0. The fourth-order valence-corrected chi connectivity index (χ4v) is 5.00. The predicted molar refractivity (Wildman–Crippen MR) is 131 cm³/mol. The number of benzene rings is 2. The van der Waals surface area contributed by atoms with Crippen LogP contribution < -0.4 is 5.32 Å². The minimum Gasteiger partial charge on any atom is -0.481 e. The van der Waals surface area contributed by atoms with Gasteiger partial charge in [0.2, 0.25) is 0 Å². The van der Waals surface area contributed by atoms with Gasteiger partial charge in [0.15, 0.2) is 5.82 Å². The van der Waals surface area contributed by atoms with E-state index in [2.05, 4.69) is 20.6 Å². The minimum absolute atomic E-state index is 0.416. The Hall–Kier alpha value is -4.05. The fourth-order valence-electron chi connectivity index (χ4n) is 3.84. The first-order valence-electron chi connectivity index (χ1n) is 11.1. The number of carbonyl (C=O) groups excluding carboxylic acids is 1. The highest BCUT2D eigenvalue weighted by Crippen LogP contribution is 2.50. The Morgan fingerprint density at radius 1 is 1.11 bits per heavy atom. The number of thiazole rings is 1. The maximum atomic E-state index is 12.6. The summed E-state index contributed by atoms with van der Waals surface area (Å²) in [6, 6.07) is 17.1. The monoisotopic (exact) mass is 489 g/mol. The van der Waals surface area contributed by atoms with Crippen molar-refractivity contribution in [2.75, 3.05) is 5.32 Å². The molecule has 1 aliphatic carbocycles. The number of aliphatic carboxylic acids is 1. The number of carboxylic acid groups (broad SMARTS) is 1. The number of carbonyl (C=O) groups is 2. The number of amides is 1. The summed E-state index contributed by atoms with van der Waals surface area (Å²) >= 11 is 1.41. The molecule has 10 heteroatoms. The van der Waals surface area contributed by atoms with Gasteiger partial charge in [-0.1, -0.05) is 59.8 Å². The molecule has 1 atom stereocenters. The van der Waals surface area contributed by atoms with E-state index in [-0.39, 0.29) is 0 Å². The number of carboxylic acids is 1. The van der Waals surface area contributed by atoms with Gasteiger partial charge in [0.25, 0.3) is 0 Å². The average Bonchev–Trinajstić information content (AvgIpc) is 3.40. The molecule has 0 aliphatic heterocycles. The highest BCUT2D eigenvalue weighted by atomic mass is 32.1. The van der Waals surface area contributed by atoms with Crippen LogP contribution in [0, 0.1) is 0 Å². The topological polar surface area (TPSA) is 119 Å². The highest BCUT2D eigenvalue weighted by molar-refractivity contribution is 7.15. The van der Waals surface area contributed by atoms with E-state index in [1.54, 1.807) is 13.2 Å². The van der Waals surface area contributed by atoms with E-state index in [9.17, 15) is 14.7 Å². The van der Waals surface area contributed by atoms with Crippen LogP contribution >= 0.6 is 11.3 Å². The molecular formula is C25H23N5O4S. The van der Waals surface area contributed by atoms with Crippen molar-refractivity contribution in [3.63, 3.8) is 0 Å². The predicted octanol–water partition coefficient (Wildman–Crippen LogP) is 5.03. The Balaban J connectivity index is 1.31. The lowest BCUT2D eigenvalue weighted by Gasteiger charge is -2.14.